The maximum atomic E-state index is 12.1. The van der Waals surface area contributed by atoms with E-state index in [1.54, 1.807) is 7.11 Å². The summed E-state index contributed by atoms with van der Waals surface area (Å²) < 4.78 is 38.9. The number of benzene rings is 1. The van der Waals surface area contributed by atoms with E-state index in [1.807, 2.05) is 25.1 Å². The van der Waals surface area contributed by atoms with Gasteiger partial charge in [-0.1, -0.05) is 25.1 Å². The summed E-state index contributed by atoms with van der Waals surface area (Å²) in [4.78, 5) is 2.44. The molecule has 1 spiro atoms. The zero-order valence-electron chi connectivity index (χ0n) is 16.2. The minimum absolute atomic E-state index is 0.0897. The minimum Gasteiger partial charge on any atom is -0.496 e. The Labute approximate surface area is 162 Å². The van der Waals surface area contributed by atoms with Gasteiger partial charge in [0.1, 0.15) is 5.75 Å². The Morgan fingerprint density at radius 3 is 2.96 bits per heavy atom. The highest BCUT2D eigenvalue weighted by atomic mass is 32.2. The second kappa shape index (κ2) is 7.35. The lowest BCUT2D eigenvalue weighted by Gasteiger charge is -2.29. The van der Waals surface area contributed by atoms with E-state index in [0.717, 1.165) is 38.2 Å². The van der Waals surface area contributed by atoms with E-state index in [1.165, 1.54) is 5.56 Å². The molecule has 1 N–H and O–H groups in total. The third-order valence-corrected chi connectivity index (χ3v) is 8.00. The molecule has 6 nitrogen and oxygen atoms in total. The Bertz CT molecular complexity index is 784. The quantitative estimate of drug-likeness (QED) is 0.731. The second-order valence-corrected chi connectivity index (χ2v) is 10.1. The van der Waals surface area contributed by atoms with Gasteiger partial charge in [-0.05, 0) is 25.3 Å². The Balaban J connectivity index is 1.44. The number of sulfonamides is 1. The van der Waals surface area contributed by atoms with Gasteiger partial charge in [0.2, 0.25) is 10.0 Å². The van der Waals surface area contributed by atoms with Crippen molar-refractivity contribution in [3.63, 3.8) is 0 Å². The van der Waals surface area contributed by atoms with Crippen LogP contribution in [0.25, 0.3) is 0 Å². The Morgan fingerprint density at radius 2 is 2.19 bits per heavy atom. The number of hydrogen-bond donors (Lipinski definition) is 1. The first kappa shape index (κ1) is 19.2. The molecule has 0 saturated carbocycles. The first-order valence-corrected chi connectivity index (χ1v) is 11.6. The summed E-state index contributed by atoms with van der Waals surface area (Å²) in [6.07, 6.45) is 2.97. The highest BCUT2D eigenvalue weighted by Crippen LogP contribution is 2.54. The summed E-state index contributed by atoms with van der Waals surface area (Å²) in [5, 5.41) is 0. The van der Waals surface area contributed by atoms with Gasteiger partial charge in [-0.2, -0.15) is 0 Å². The fraction of sp³-hybridized carbons (Fsp3) is 0.700. The van der Waals surface area contributed by atoms with E-state index >= 15 is 0 Å². The molecule has 1 aromatic rings. The topological polar surface area (TPSA) is 67.9 Å². The molecule has 3 aliphatic heterocycles. The van der Waals surface area contributed by atoms with Crippen molar-refractivity contribution in [3.05, 3.63) is 29.8 Å². The van der Waals surface area contributed by atoms with E-state index in [2.05, 4.69) is 15.7 Å². The van der Waals surface area contributed by atoms with Gasteiger partial charge in [-0.3, -0.25) is 4.90 Å². The zero-order valence-corrected chi connectivity index (χ0v) is 17.0. The van der Waals surface area contributed by atoms with Gasteiger partial charge in [0, 0.05) is 43.6 Å². The molecule has 3 aliphatic rings. The van der Waals surface area contributed by atoms with Gasteiger partial charge >= 0.3 is 0 Å². The molecule has 4 atom stereocenters. The largest absolute Gasteiger partial charge is 0.496 e. The molecule has 3 fully saturated rings. The molecular formula is C20H30N2O4S. The van der Waals surface area contributed by atoms with Crippen LogP contribution >= 0.6 is 0 Å². The summed E-state index contributed by atoms with van der Waals surface area (Å²) in [6.45, 7) is 5.10. The van der Waals surface area contributed by atoms with Gasteiger partial charge in [-0.15, -0.1) is 0 Å². The molecular weight excluding hydrogens is 364 g/mol. The van der Waals surface area contributed by atoms with Crippen molar-refractivity contribution in [3.8, 4) is 5.75 Å². The molecule has 0 aromatic heterocycles. The number of methoxy groups -OCH3 is 1. The van der Waals surface area contributed by atoms with Gasteiger partial charge in [0.15, 0.2) is 0 Å². The summed E-state index contributed by atoms with van der Waals surface area (Å²) >= 11 is 0. The van der Waals surface area contributed by atoms with E-state index in [4.69, 9.17) is 9.47 Å². The average molecular weight is 395 g/mol. The smallest absolute Gasteiger partial charge is 0.211 e. The molecule has 27 heavy (non-hydrogen) atoms. The molecule has 3 heterocycles. The van der Waals surface area contributed by atoms with Crippen molar-refractivity contribution in [2.24, 2.45) is 11.8 Å². The molecule has 3 saturated heterocycles. The average Bonchev–Trinajstić information content (AvgIpc) is 3.28. The van der Waals surface area contributed by atoms with E-state index in [9.17, 15) is 8.42 Å². The lowest BCUT2D eigenvalue weighted by molar-refractivity contribution is 0.00215. The summed E-state index contributed by atoms with van der Waals surface area (Å²) in [5.41, 5.74) is 1.10. The molecule has 0 amide bonds. The van der Waals surface area contributed by atoms with Crippen LogP contribution in [0.5, 0.6) is 5.75 Å². The summed E-state index contributed by atoms with van der Waals surface area (Å²) in [5.74, 6) is 1.78. The third kappa shape index (κ3) is 3.62. The number of nitrogens with one attached hydrogen (secondary N) is 1. The first-order chi connectivity index (χ1) is 13.0. The Kier molecular flexibility index (Phi) is 5.22. The molecule has 1 aromatic carbocycles. The van der Waals surface area contributed by atoms with Crippen LogP contribution in [0, 0.1) is 11.8 Å². The predicted octanol–water partition coefficient (Wildman–Crippen LogP) is 2.00. The number of fused-ring (bicyclic) bond motifs is 1. The van der Waals surface area contributed by atoms with Crippen molar-refractivity contribution >= 4 is 10.0 Å². The van der Waals surface area contributed by atoms with Crippen molar-refractivity contribution in [2.45, 2.75) is 44.4 Å². The molecule has 0 unspecified atom stereocenters. The van der Waals surface area contributed by atoms with Crippen LogP contribution in [0.15, 0.2) is 24.3 Å². The lowest BCUT2D eigenvalue weighted by Crippen LogP contribution is -2.42. The van der Waals surface area contributed by atoms with Crippen LogP contribution in [0.2, 0.25) is 0 Å². The predicted molar refractivity (Wildman–Crippen MR) is 104 cm³/mol. The second-order valence-electron chi connectivity index (χ2n) is 8.18. The molecule has 2 bridgehead atoms. The molecule has 0 aliphatic carbocycles. The molecule has 4 rings (SSSR count). The van der Waals surface area contributed by atoms with Crippen LogP contribution in [0.4, 0.5) is 0 Å². The van der Waals surface area contributed by atoms with Crippen LogP contribution in [0.3, 0.4) is 0 Å². The standard InChI is InChI=1S/C20H30N2O4S/c1-3-10-27(23,24)21-11-16-17-13-22(14-20(17)9-8-19(16)26-20)12-15-6-4-5-7-18(15)25-2/h4-7,16-17,19,21H,3,8-14H2,1-2H3/t16-,17+,19+,20+/m0/s1. The lowest BCUT2D eigenvalue weighted by atomic mass is 9.74. The van der Waals surface area contributed by atoms with Crippen LogP contribution in [-0.2, 0) is 21.3 Å². The number of rotatable bonds is 8. The van der Waals surface area contributed by atoms with Crippen molar-refractivity contribution < 1.29 is 17.9 Å². The van der Waals surface area contributed by atoms with Gasteiger partial charge in [0.05, 0.1) is 24.6 Å². The van der Waals surface area contributed by atoms with E-state index in [-0.39, 0.29) is 23.4 Å². The van der Waals surface area contributed by atoms with Crippen molar-refractivity contribution in [1.29, 1.82) is 0 Å². The summed E-state index contributed by atoms with van der Waals surface area (Å²) in [6, 6.07) is 8.14. The normalized spacial score (nSPS) is 32.7. The maximum absolute atomic E-state index is 12.1. The number of hydrogen-bond acceptors (Lipinski definition) is 5. The van der Waals surface area contributed by atoms with Crippen molar-refractivity contribution in [1.82, 2.24) is 9.62 Å². The Morgan fingerprint density at radius 1 is 1.37 bits per heavy atom. The summed E-state index contributed by atoms with van der Waals surface area (Å²) in [7, 11) is -1.47. The van der Waals surface area contributed by atoms with Gasteiger partial charge in [0.25, 0.3) is 0 Å². The highest BCUT2D eigenvalue weighted by Gasteiger charge is 2.62. The third-order valence-electron chi connectivity index (χ3n) is 6.45. The molecule has 150 valence electrons. The fourth-order valence-electron chi connectivity index (χ4n) is 5.32. The maximum Gasteiger partial charge on any atom is 0.211 e. The van der Waals surface area contributed by atoms with Gasteiger partial charge < -0.3 is 9.47 Å². The number of nitrogens with zero attached hydrogens (tertiary/aromatic N) is 1. The van der Waals surface area contributed by atoms with Crippen LogP contribution in [-0.4, -0.2) is 57.5 Å². The Hall–Kier alpha value is -1.15. The fourth-order valence-corrected chi connectivity index (χ4v) is 6.45. The molecule has 7 heteroatoms. The van der Waals surface area contributed by atoms with Crippen molar-refractivity contribution in [2.75, 3.05) is 32.5 Å². The SMILES string of the molecule is CCCS(=O)(=O)NC[C@H]1[C@H]2CN(Cc3ccccc3OC)C[C@]23CC[C@H]1O3. The first-order valence-electron chi connectivity index (χ1n) is 9.96. The van der Waals surface area contributed by atoms with Crippen LogP contribution < -0.4 is 9.46 Å². The monoisotopic (exact) mass is 394 g/mol. The number of ether oxygens (including phenoxy) is 2. The highest BCUT2D eigenvalue weighted by molar-refractivity contribution is 7.89. The van der Waals surface area contributed by atoms with E-state index < -0.39 is 10.0 Å². The van der Waals surface area contributed by atoms with E-state index in [0.29, 0.717) is 18.9 Å². The zero-order chi connectivity index (χ0) is 19.1. The minimum atomic E-state index is -3.17. The number of likely N-dealkylation sites (tertiary alicyclic amines) is 1. The number of para-hydroxylation sites is 1. The molecule has 0 radical (unpaired) electrons. The van der Waals surface area contributed by atoms with Crippen LogP contribution in [0.1, 0.15) is 31.7 Å². The van der Waals surface area contributed by atoms with Gasteiger partial charge in [-0.25, -0.2) is 13.1 Å².